The zero-order chi connectivity index (χ0) is 11.3. The number of carbonyl (C=O) groups is 3. The van der Waals surface area contributed by atoms with Crippen LogP contribution in [0, 0.1) is 0 Å². The zero-order valence-corrected chi connectivity index (χ0v) is 9.00. The highest BCUT2D eigenvalue weighted by Crippen LogP contribution is 2.09. The Balaban J connectivity index is 2.54. The van der Waals surface area contributed by atoms with Crippen LogP contribution in [0.1, 0.15) is 11.8 Å². The fourth-order valence-corrected chi connectivity index (χ4v) is 1.67. The fraction of sp³-hybridized carbons (Fsp3) is 0.300. The average Bonchev–Trinajstić information content (AvgIpc) is 2.69. The minimum Gasteiger partial charge on any atom is -0.460 e. The van der Waals surface area contributed by atoms with Crippen molar-refractivity contribution in [2.45, 2.75) is 13.3 Å². The van der Waals surface area contributed by atoms with Gasteiger partial charge in [-0.2, -0.15) is 0 Å². The summed E-state index contributed by atoms with van der Waals surface area (Å²) >= 11 is 1.37. The van der Waals surface area contributed by atoms with Crippen molar-refractivity contribution in [2.75, 3.05) is 6.61 Å². The molecule has 15 heavy (non-hydrogen) atoms. The first-order chi connectivity index (χ1) is 7.15. The molecule has 0 bridgehead atoms. The van der Waals surface area contributed by atoms with Gasteiger partial charge in [-0.15, -0.1) is 11.3 Å². The van der Waals surface area contributed by atoms with Crippen LogP contribution in [0.25, 0.3) is 0 Å². The summed E-state index contributed by atoms with van der Waals surface area (Å²) in [4.78, 5) is 34.1. The molecule has 0 unspecified atom stereocenters. The molecule has 4 nitrogen and oxygen atoms in total. The van der Waals surface area contributed by atoms with Gasteiger partial charge >= 0.3 is 11.8 Å². The van der Waals surface area contributed by atoms with E-state index in [2.05, 4.69) is 4.74 Å². The Morgan fingerprint density at radius 2 is 2.13 bits per heavy atom. The molecular formula is C10H10O4S. The molecule has 1 aromatic heterocycles. The van der Waals surface area contributed by atoms with Crippen LogP contribution >= 0.6 is 11.3 Å². The summed E-state index contributed by atoms with van der Waals surface area (Å²) in [6.45, 7) is 1.67. The quantitative estimate of drug-likeness (QED) is 0.427. The molecule has 1 heterocycles. The molecular weight excluding hydrogens is 216 g/mol. The van der Waals surface area contributed by atoms with Crippen molar-refractivity contribution >= 4 is 28.9 Å². The standard InChI is InChI=1S/C10H10O4S/c1-2-14-10(13)9(12)8(11)6-7-4-3-5-15-7/h3-5H,2,6H2,1H3. The van der Waals surface area contributed by atoms with Gasteiger partial charge in [0.05, 0.1) is 6.61 Å². The third-order valence-corrected chi connectivity index (χ3v) is 2.51. The first-order valence-electron chi connectivity index (χ1n) is 4.41. The van der Waals surface area contributed by atoms with Gasteiger partial charge in [-0.05, 0) is 18.4 Å². The van der Waals surface area contributed by atoms with Crippen LogP contribution in [0.3, 0.4) is 0 Å². The first kappa shape index (κ1) is 11.6. The lowest BCUT2D eigenvalue weighted by atomic mass is 10.2. The second kappa shape index (κ2) is 5.41. The molecule has 0 radical (unpaired) electrons. The van der Waals surface area contributed by atoms with Crippen molar-refractivity contribution < 1.29 is 19.1 Å². The number of ether oxygens (including phenoxy) is 1. The van der Waals surface area contributed by atoms with Gasteiger partial charge in [0.1, 0.15) is 0 Å². The van der Waals surface area contributed by atoms with E-state index >= 15 is 0 Å². The molecule has 0 aliphatic heterocycles. The first-order valence-corrected chi connectivity index (χ1v) is 5.29. The van der Waals surface area contributed by atoms with Crippen molar-refractivity contribution in [1.29, 1.82) is 0 Å². The van der Waals surface area contributed by atoms with Crippen LogP contribution in [0.4, 0.5) is 0 Å². The van der Waals surface area contributed by atoms with E-state index in [0.29, 0.717) is 0 Å². The minimum atomic E-state index is -1.08. The summed E-state index contributed by atoms with van der Waals surface area (Å²) in [5, 5.41) is 1.80. The molecule has 0 aliphatic rings. The van der Waals surface area contributed by atoms with Gasteiger partial charge in [-0.3, -0.25) is 9.59 Å². The summed E-state index contributed by atoms with van der Waals surface area (Å²) in [5.74, 6) is -2.87. The van der Waals surface area contributed by atoms with Gasteiger partial charge in [-0.1, -0.05) is 6.07 Å². The Labute approximate surface area is 90.9 Å². The van der Waals surface area contributed by atoms with Crippen LogP contribution in [0.5, 0.6) is 0 Å². The number of hydrogen-bond acceptors (Lipinski definition) is 5. The van der Waals surface area contributed by atoms with Crippen LogP contribution < -0.4 is 0 Å². The third kappa shape index (κ3) is 3.28. The number of rotatable bonds is 5. The van der Waals surface area contributed by atoms with Crippen LogP contribution in [0.15, 0.2) is 17.5 Å². The maximum Gasteiger partial charge on any atom is 0.382 e. The predicted octanol–water partition coefficient (Wildman–Crippen LogP) is 0.992. The lowest BCUT2D eigenvalue weighted by Crippen LogP contribution is -2.27. The van der Waals surface area contributed by atoms with Crippen LogP contribution in [0.2, 0.25) is 0 Å². The Bertz CT molecular complexity index is 367. The molecule has 0 saturated heterocycles. The van der Waals surface area contributed by atoms with E-state index < -0.39 is 17.5 Å². The maximum absolute atomic E-state index is 11.3. The lowest BCUT2D eigenvalue weighted by molar-refractivity contribution is -0.156. The molecule has 1 rings (SSSR count). The Kier molecular flexibility index (Phi) is 4.17. The van der Waals surface area contributed by atoms with E-state index in [-0.39, 0.29) is 13.0 Å². The van der Waals surface area contributed by atoms with E-state index in [1.807, 2.05) is 0 Å². The third-order valence-electron chi connectivity index (χ3n) is 1.63. The van der Waals surface area contributed by atoms with E-state index in [9.17, 15) is 14.4 Å². The minimum absolute atomic E-state index is 0.0324. The highest BCUT2D eigenvalue weighted by molar-refractivity contribution is 7.10. The van der Waals surface area contributed by atoms with Gasteiger partial charge < -0.3 is 4.74 Å². The normalized spacial score (nSPS) is 9.67. The van der Waals surface area contributed by atoms with Gasteiger partial charge in [0.15, 0.2) is 0 Å². The second-order valence-electron chi connectivity index (χ2n) is 2.73. The molecule has 0 amide bonds. The summed E-state index contributed by atoms with van der Waals surface area (Å²) in [7, 11) is 0. The van der Waals surface area contributed by atoms with Crippen molar-refractivity contribution in [3.63, 3.8) is 0 Å². The van der Waals surface area contributed by atoms with E-state index in [4.69, 9.17) is 0 Å². The number of esters is 1. The van der Waals surface area contributed by atoms with Crippen molar-refractivity contribution in [3.8, 4) is 0 Å². The Morgan fingerprint density at radius 1 is 1.40 bits per heavy atom. The molecule has 80 valence electrons. The van der Waals surface area contributed by atoms with Gasteiger partial charge in [0, 0.05) is 11.3 Å². The molecule has 0 atom stereocenters. The number of ketones is 2. The fourth-order valence-electron chi connectivity index (χ4n) is 0.962. The number of thiophene rings is 1. The van der Waals surface area contributed by atoms with Crippen molar-refractivity contribution in [1.82, 2.24) is 0 Å². The molecule has 0 fully saturated rings. The molecule has 0 N–H and O–H groups in total. The molecule has 5 heteroatoms. The monoisotopic (exact) mass is 226 g/mol. The maximum atomic E-state index is 11.3. The van der Waals surface area contributed by atoms with E-state index in [1.165, 1.54) is 11.3 Å². The highest BCUT2D eigenvalue weighted by Gasteiger charge is 2.23. The highest BCUT2D eigenvalue weighted by atomic mass is 32.1. The number of Topliss-reactive ketones (excluding diaryl/α,β-unsaturated/α-hetero) is 2. The Hall–Kier alpha value is -1.49. The van der Waals surface area contributed by atoms with Crippen LogP contribution in [-0.2, 0) is 25.5 Å². The average molecular weight is 226 g/mol. The molecule has 0 aromatic carbocycles. The number of hydrogen-bond donors (Lipinski definition) is 0. The molecule has 0 aliphatic carbocycles. The largest absolute Gasteiger partial charge is 0.460 e. The Morgan fingerprint density at radius 3 is 2.67 bits per heavy atom. The summed E-state index contributed by atoms with van der Waals surface area (Å²) < 4.78 is 4.44. The predicted molar refractivity (Wildman–Crippen MR) is 54.7 cm³/mol. The SMILES string of the molecule is CCOC(=O)C(=O)C(=O)Cc1cccs1. The van der Waals surface area contributed by atoms with Gasteiger partial charge in [0.25, 0.3) is 0 Å². The summed E-state index contributed by atoms with van der Waals surface area (Å²) in [6, 6.07) is 3.52. The smallest absolute Gasteiger partial charge is 0.382 e. The van der Waals surface area contributed by atoms with Crippen LogP contribution in [-0.4, -0.2) is 24.1 Å². The molecule has 0 saturated carbocycles. The van der Waals surface area contributed by atoms with E-state index in [0.717, 1.165) is 4.88 Å². The topological polar surface area (TPSA) is 60.4 Å². The van der Waals surface area contributed by atoms with Crippen molar-refractivity contribution in [2.24, 2.45) is 0 Å². The van der Waals surface area contributed by atoms with Crippen molar-refractivity contribution in [3.05, 3.63) is 22.4 Å². The van der Waals surface area contributed by atoms with Gasteiger partial charge in [0.2, 0.25) is 5.78 Å². The summed E-state index contributed by atoms with van der Waals surface area (Å²) in [6.07, 6.45) is -0.0324. The number of carbonyl (C=O) groups excluding carboxylic acids is 3. The van der Waals surface area contributed by atoms with Gasteiger partial charge in [-0.25, -0.2) is 4.79 Å². The molecule has 0 spiro atoms. The van der Waals surface area contributed by atoms with E-state index in [1.54, 1.807) is 24.4 Å². The second-order valence-corrected chi connectivity index (χ2v) is 3.76. The zero-order valence-electron chi connectivity index (χ0n) is 8.19. The molecule has 1 aromatic rings. The summed E-state index contributed by atoms with van der Waals surface area (Å²) in [5.41, 5.74) is 0. The lowest BCUT2D eigenvalue weighted by Gasteiger charge is -1.98.